The second-order valence-electron chi connectivity index (χ2n) is 4.12. The summed E-state index contributed by atoms with van der Waals surface area (Å²) in [5.74, 6) is 0.243. The molecule has 0 fully saturated rings. The molecule has 0 atom stereocenters. The Morgan fingerprint density at radius 1 is 1.32 bits per heavy atom. The average molecular weight is 256 g/mol. The number of aromatic nitrogens is 2. The van der Waals surface area contributed by atoms with Crippen LogP contribution in [0.2, 0.25) is 0 Å². The van der Waals surface area contributed by atoms with E-state index in [0.29, 0.717) is 11.4 Å². The van der Waals surface area contributed by atoms with Crippen molar-refractivity contribution in [1.29, 1.82) is 0 Å². The van der Waals surface area contributed by atoms with Gasteiger partial charge >= 0.3 is 0 Å². The largest absolute Gasteiger partial charge is 0.385 e. The lowest BCUT2D eigenvalue weighted by Crippen LogP contribution is -2.15. The van der Waals surface area contributed by atoms with Crippen molar-refractivity contribution in [2.75, 3.05) is 17.2 Å². The topological polar surface area (TPSA) is 66.9 Å². The maximum atomic E-state index is 12.2. The van der Waals surface area contributed by atoms with E-state index in [-0.39, 0.29) is 5.91 Å². The SMILES string of the molecule is CCNc1cc(C)ccc1C(=O)Nc1cnccn1. The number of hydrogen-bond acceptors (Lipinski definition) is 4. The van der Waals surface area contributed by atoms with Crippen LogP contribution < -0.4 is 10.6 Å². The third-order valence-corrected chi connectivity index (χ3v) is 2.59. The fraction of sp³-hybridized carbons (Fsp3) is 0.214. The van der Waals surface area contributed by atoms with Crippen LogP contribution in [0.1, 0.15) is 22.8 Å². The smallest absolute Gasteiger partial charge is 0.258 e. The first-order chi connectivity index (χ1) is 9.20. The molecule has 98 valence electrons. The molecule has 1 aromatic carbocycles. The van der Waals surface area contributed by atoms with Gasteiger partial charge < -0.3 is 10.6 Å². The van der Waals surface area contributed by atoms with Crippen molar-refractivity contribution in [2.45, 2.75) is 13.8 Å². The van der Waals surface area contributed by atoms with Crippen molar-refractivity contribution in [1.82, 2.24) is 9.97 Å². The molecule has 0 saturated carbocycles. The van der Waals surface area contributed by atoms with E-state index in [4.69, 9.17) is 0 Å². The fourth-order valence-corrected chi connectivity index (χ4v) is 1.74. The lowest BCUT2D eigenvalue weighted by Gasteiger charge is -2.11. The highest BCUT2D eigenvalue weighted by Crippen LogP contribution is 2.18. The molecule has 5 nitrogen and oxygen atoms in total. The van der Waals surface area contributed by atoms with Crippen LogP contribution in [0.15, 0.2) is 36.8 Å². The van der Waals surface area contributed by atoms with E-state index >= 15 is 0 Å². The summed E-state index contributed by atoms with van der Waals surface area (Å²) in [4.78, 5) is 20.1. The molecule has 0 aliphatic rings. The maximum absolute atomic E-state index is 12.2. The number of rotatable bonds is 4. The molecular formula is C14H16N4O. The Morgan fingerprint density at radius 3 is 2.84 bits per heavy atom. The summed E-state index contributed by atoms with van der Waals surface area (Å²) in [7, 11) is 0. The quantitative estimate of drug-likeness (QED) is 0.881. The molecule has 0 aliphatic carbocycles. The molecule has 2 aromatic rings. The first-order valence-electron chi connectivity index (χ1n) is 6.12. The number of carbonyl (C=O) groups excluding carboxylic acids is 1. The first kappa shape index (κ1) is 13.0. The van der Waals surface area contributed by atoms with E-state index in [9.17, 15) is 4.79 Å². The van der Waals surface area contributed by atoms with Crippen LogP contribution in [0.5, 0.6) is 0 Å². The van der Waals surface area contributed by atoms with Gasteiger partial charge in [0, 0.05) is 24.6 Å². The number of hydrogen-bond donors (Lipinski definition) is 2. The van der Waals surface area contributed by atoms with Crippen LogP contribution >= 0.6 is 0 Å². The molecule has 0 radical (unpaired) electrons. The van der Waals surface area contributed by atoms with Crippen LogP contribution in [-0.4, -0.2) is 22.4 Å². The van der Waals surface area contributed by atoms with E-state index < -0.39 is 0 Å². The van der Waals surface area contributed by atoms with Crippen molar-refractivity contribution in [3.05, 3.63) is 47.9 Å². The minimum absolute atomic E-state index is 0.198. The summed E-state index contributed by atoms with van der Waals surface area (Å²) in [5.41, 5.74) is 2.52. The fourth-order valence-electron chi connectivity index (χ4n) is 1.74. The molecule has 2 rings (SSSR count). The van der Waals surface area contributed by atoms with Crippen LogP contribution in [0.25, 0.3) is 0 Å². The van der Waals surface area contributed by atoms with E-state index in [1.54, 1.807) is 12.3 Å². The summed E-state index contributed by atoms with van der Waals surface area (Å²) >= 11 is 0. The number of amides is 1. The van der Waals surface area contributed by atoms with Gasteiger partial charge in [-0.3, -0.25) is 9.78 Å². The normalized spacial score (nSPS) is 10.0. The van der Waals surface area contributed by atoms with Gasteiger partial charge in [-0.05, 0) is 31.5 Å². The van der Waals surface area contributed by atoms with Crippen molar-refractivity contribution >= 4 is 17.4 Å². The van der Waals surface area contributed by atoms with Gasteiger partial charge in [0.25, 0.3) is 5.91 Å². The van der Waals surface area contributed by atoms with Crippen LogP contribution in [0, 0.1) is 6.92 Å². The number of carbonyl (C=O) groups is 1. The molecular weight excluding hydrogens is 240 g/mol. The lowest BCUT2D eigenvalue weighted by molar-refractivity contribution is 0.102. The minimum atomic E-state index is -0.198. The van der Waals surface area contributed by atoms with E-state index in [1.807, 2.05) is 26.0 Å². The zero-order valence-corrected chi connectivity index (χ0v) is 11.0. The Balaban J connectivity index is 2.23. The number of benzene rings is 1. The Hall–Kier alpha value is -2.43. The Labute approximate surface area is 112 Å². The molecule has 0 saturated heterocycles. The highest BCUT2D eigenvalue weighted by Gasteiger charge is 2.11. The molecule has 2 N–H and O–H groups in total. The second-order valence-corrected chi connectivity index (χ2v) is 4.12. The van der Waals surface area contributed by atoms with Gasteiger partial charge in [-0.25, -0.2) is 4.98 Å². The van der Waals surface area contributed by atoms with Gasteiger partial charge in [0.05, 0.1) is 11.8 Å². The van der Waals surface area contributed by atoms with Crippen LogP contribution in [0.4, 0.5) is 11.5 Å². The van der Waals surface area contributed by atoms with Crippen LogP contribution in [-0.2, 0) is 0 Å². The Kier molecular flexibility index (Phi) is 4.07. The number of anilines is 2. The third-order valence-electron chi connectivity index (χ3n) is 2.59. The van der Waals surface area contributed by atoms with E-state index in [2.05, 4.69) is 20.6 Å². The van der Waals surface area contributed by atoms with Gasteiger partial charge in [0.15, 0.2) is 5.82 Å². The maximum Gasteiger partial charge on any atom is 0.258 e. The van der Waals surface area contributed by atoms with E-state index in [0.717, 1.165) is 17.8 Å². The van der Waals surface area contributed by atoms with Gasteiger partial charge in [-0.15, -0.1) is 0 Å². The standard InChI is InChI=1S/C14H16N4O/c1-3-16-12-8-10(2)4-5-11(12)14(19)18-13-9-15-6-7-17-13/h4-9,16H,3H2,1-2H3,(H,17,18,19). The van der Waals surface area contributed by atoms with Gasteiger partial charge in [0.2, 0.25) is 0 Å². The predicted molar refractivity (Wildman–Crippen MR) is 75.3 cm³/mol. The first-order valence-corrected chi connectivity index (χ1v) is 6.12. The molecule has 19 heavy (non-hydrogen) atoms. The summed E-state index contributed by atoms with van der Waals surface area (Å²) in [6.45, 7) is 4.74. The summed E-state index contributed by atoms with van der Waals surface area (Å²) in [6, 6.07) is 5.67. The second kappa shape index (κ2) is 5.95. The van der Waals surface area contributed by atoms with Crippen molar-refractivity contribution in [2.24, 2.45) is 0 Å². The monoisotopic (exact) mass is 256 g/mol. The van der Waals surface area contributed by atoms with Crippen molar-refractivity contribution in [3.8, 4) is 0 Å². The lowest BCUT2D eigenvalue weighted by atomic mass is 10.1. The molecule has 1 heterocycles. The zero-order chi connectivity index (χ0) is 13.7. The molecule has 1 amide bonds. The average Bonchev–Trinajstić information content (AvgIpc) is 2.40. The Bertz CT molecular complexity index is 569. The summed E-state index contributed by atoms with van der Waals surface area (Å²) in [6.07, 6.45) is 4.61. The highest BCUT2D eigenvalue weighted by atomic mass is 16.1. The summed E-state index contributed by atoms with van der Waals surface area (Å²) in [5, 5.41) is 5.91. The minimum Gasteiger partial charge on any atom is -0.385 e. The predicted octanol–water partition coefficient (Wildman–Crippen LogP) is 2.47. The zero-order valence-electron chi connectivity index (χ0n) is 11.0. The van der Waals surface area contributed by atoms with Gasteiger partial charge in [0.1, 0.15) is 0 Å². The third kappa shape index (κ3) is 3.28. The highest BCUT2D eigenvalue weighted by molar-refractivity contribution is 6.07. The molecule has 1 aromatic heterocycles. The van der Waals surface area contributed by atoms with Gasteiger partial charge in [-0.1, -0.05) is 6.07 Å². The number of nitrogens with one attached hydrogen (secondary N) is 2. The van der Waals surface area contributed by atoms with Crippen molar-refractivity contribution in [3.63, 3.8) is 0 Å². The van der Waals surface area contributed by atoms with Crippen molar-refractivity contribution < 1.29 is 4.79 Å². The molecule has 0 aliphatic heterocycles. The molecule has 0 spiro atoms. The number of nitrogens with zero attached hydrogens (tertiary/aromatic N) is 2. The number of aryl methyl sites for hydroxylation is 1. The Morgan fingerprint density at radius 2 is 2.16 bits per heavy atom. The summed E-state index contributed by atoms with van der Waals surface area (Å²) < 4.78 is 0. The molecule has 5 heteroatoms. The van der Waals surface area contributed by atoms with Gasteiger partial charge in [-0.2, -0.15) is 0 Å². The van der Waals surface area contributed by atoms with E-state index in [1.165, 1.54) is 12.4 Å². The van der Waals surface area contributed by atoms with Crippen LogP contribution in [0.3, 0.4) is 0 Å². The molecule has 0 bridgehead atoms. The molecule has 0 unspecified atom stereocenters.